The number of alkyl halides is 12. The number of hydrogen-bond acceptors (Lipinski definition) is 21. The SMILES string of the molecule is CCOC(=O)C1CCNCC1.COC[C@@H]1C[C@H](N(Cc2cc(C(F)(F)F)cc(C(F)(F)F)c2)c2ncc(-c3cnn(C)c3)cn2)CN1c1nc(Cl)ncc1Cl.COC[C@@H]1C[C@H](N(Cc2cc(C(F)(F)F)cc(C(F)(F)F)c2)c2ncc(-c3cnn(C)c3)cn2)CN1c1nc(N2CCC(C(=O)O)CC2)ncc1Cl. The molecule has 0 aliphatic carbocycles. The number of hydrogen-bond donors (Lipinski definition) is 2. The molecule has 10 heterocycles. The van der Waals surface area contributed by atoms with Gasteiger partial charge < -0.3 is 49.1 Å². The molecule has 0 saturated carbocycles. The van der Waals surface area contributed by atoms with Crippen molar-refractivity contribution >= 4 is 76.2 Å². The number of carboxylic acids is 1. The van der Waals surface area contributed by atoms with E-state index < -0.39 is 77.5 Å². The van der Waals surface area contributed by atoms with Crippen molar-refractivity contribution in [2.75, 3.05) is 97.8 Å². The molecular formula is C68H73Cl3F12N18O6. The molecule has 6 aromatic heterocycles. The van der Waals surface area contributed by atoms with Crippen molar-refractivity contribution in [3.05, 3.63) is 147 Å². The van der Waals surface area contributed by atoms with Gasteiger partial charge in [-0.1, -0.05) is 23.2 Å². The maximum atomic E-state index is 13.9. The number of carbonyl (C=O) groups excluding carboxylic acids is 1. The van der Waals surface area contributed by atoms with E-state index >= 15 is 0 Å². The van der Waals surface area contributed by atoms with Gasteiger partial charge in [-0.2, -0.15) is 72.9 Å². The number of piperidine rings is 2. The number of halogens is 15. The predicted octanol–water partition coefficient (Wildman–Crippen LogP) is 12.8. The first-order valence-corrected chi connectivity index (χ1v) is 34.6. The van der Waals surface area contributed by atoms with E-state index in [0.29, 0.717) is 104 Å². The van der Waals surface area contributed by atoms with Crippen LogP contribution in [0.2, 0.25) is 15.3 Å². The molecular weight excluding hydrogens is 1500 g/mol. The molecule has 0 radical (unpaired) electrons. The zero-order valence-corrected chi connectivity index (χ0v) is 60.3. The van der Waals surface area contributed by atoms with Crippen LogP contribution in [0.5, 0.6) is 0 Å². The third kappa shape index (κ3) is 20.6. The summed E-state index contributed by atoms with van der Waals surface area (Å²) in [7, 11) is 6.48. The van der Waals surface area contributed by atoms with Gasteiger partial charge in [-0.25, -0.2) is 29.9 Å². The minimum Gasteiger partial charge on any atom is -0.481 e. The smallest absolute Gasteiger partial charge is 0.416 e. The van der Waals surface area contributed by atoms with Crippen molar-refractivity contribution in [1.29, 1.82) is 0 Å². The van der Waals surface area contributed by atoms with Crippen LogP contribution in [0, 0.1) is 11.8 Å². The van der Waals surface area contributed by atoms with Gasteiger partial charge >= 0.3 is 36.6 Å². The first-order valence-electron chi connectivity index (χ1n) is 33.5. The Hall–Kier alpha value is -8.97. The normalized spacial score (nSPS) is 18.2. The third-order valence-electron chi connectivity index (χ3n) is 18.3. The van der Waals surface area contributed by atoms with Gasteiger partial charge in [0.25, 0.3) is 0 Å². The highest BCUT2D eigenvalue weighted by atomic mass is 35.5. The number of methoxy groups -OCH3 is 2. The van der Waals surface area contributed by atoms with E-state index in [1.54, 1.807) is 58.0 Å². The molecule has 0 amide bonds. The van der Waals surface area contributed by atoms with Gasteiger partial charge in [-0.05, 0) is 118 Å². The van der Waals surface area contributed by atoms with E-state index in [9.17, 15) is 67.4 Å². The molecule has 4 saturated heterocycles. The number of ether oxygens (including phenoxy) is 3. The molecule has 576 valence electrons. The molecule has 12 rings (SSSR count). The van der Waals surface area contributed by atoms with Gasteiger partial charge in [0.1, 0.15) is 10.0 Å². The van der Waals surface area contributed by atoms with E-state index in [1.165, 1.54) is 51.4 Å². The van der Waals surface area contributed by atoms with Crippen molar-refractivity contribution in [2.45, 2.75) is 107 Å². The summed E-state index contributed by atoms with van der Waals surface area (Å²) in [6.45, 7) is 5.09. The summed E-state index contributed by atoms with van der Waals surface area (Å²) in [5, 5.41) is 21.2. The van der Waals surface area contributed by atoms with Crippen molar-refractivity contribution < 1.29 is 81.6 Å². The summed E-state index contributed by atoms with van der Waals surface area (Å²) in [4.78, 5) is 66.5. The largest absolute Gasteiger partial charge is 0.481 e. The lowest BCUT2D eigenvalue weighted by atomic mass is 9.97. The van der Waals surface area contributed by atoms with Crippen molar-refractivity contribution in [1.82, 2.24) is 64.7 Å². The maximum absolute atomic E-state index is 13.9. The topological polar surface area (TPSA) is 249 Å². The fourth-order valence-electron chi connectivity index (χ4n) is 13.1. The number of aryl methyl sites for hydroxylation is 2. The quantitative estimate of drug-likeness (QED) is 0.0409. The van der Waals surface area contributed by atoms with Crippen LogP contribution in [-0.4, -0.2) is 174 Å². The monoisotopic (exact) mass is 1570 g/mol. The Morgan fingerprint density at radius 1 is 0.551 bits per heavy atom. The number of nitrogens with one attached hydrogen (secondary N) is 1. The van der Waals surface area contributed by atoms with Crippen LogP contribution in [0.4, 0.5) is 82.2 Å². The number of anilines is 5. The zero-order valence-electron chi connectivity index (χ0n) is 58.0. The van der Waals surface area contributed by atoms with E-state index in [4.69, 9.17) is 54.0 Å². The summed E-state index contributed by atoms with van der Waals surface area (Å²) >= 11 is 19.1. The first-order chi connectivity index (χ1) is 50.7. The highest BCUT2D eigenvalue weighted by Crippen LogP contribution is 2.42. The zero-order chi connectivity index (χ0) is 77.3. The molecule has 0 spiro atoms. The summed E-state index contributed by atoms with van der Waals surface area (Å²) in [6.07, 6.45) is -1.15. The Morgan fingerprint density at radius 3 is 1.34 bits per heavy atom. The molecule has 2 aromatic carbocycles. The molecule has 107 heavy (non-hydrogen) atoms. The first kappa shape index (κ1) is 80.6. The second kappa shape index (κ2) is 34.5. The van der Waals surface area contributed by atoms with Crippen LogP contribution in [-0.2, 0) is 75.7 Å². The van der Waals surface area contributed by atoms with E-state index in [1.807, 2.05) is 21.6 Å². The summed E-state index contributed by atoms with van der Waals surface area (Å²) in [5.41, 5.74) is -3.49. The minimum atomic E-state index is -5.03. The maximum Gasteiger partial charge on any atom is 0.416 e. The molecule has 4 aliphatic rings. The van der Waals surface area contributed by atoms with Crippen LogP contribution >= 0.6 is 34.8 Å². The number of benzene rings is 2. The standard InChI is InChI=1S/C33H34ClF6N9O3.C27H24Cl2F6N8O.C8H15NO2/c1-46-16-22(13-44-46)21-11-41-30(42-12-21)49(15-19-7-23(32(35,36)37)9-24(8-19)33(38,39)40)25-10-26(18-52-2)48(17-25)28-27(34)14-43-31(45-28)47-5-3-20(4-6-47)29(50)51;1-41-12-17(9-39-41)16-7-37-25(38-8-16)43(11-15-3-18(26(30,31)32)5-19(4-15)27(33,34)35)20-6-21(14-44-2)42(13-20)23-22(28)10-36-24(29)40-23;1-2-11-8(10)7-3-5-9-6-4-7/h7-9,11-14,16,20,25-26H,3-6,10,15,17-18H2,1-2H3,(H,50,51);3-5,7-10,12,20-21H,6,11,13-14H2,1-2H3;7,9H,2-6H2,1H3/t25-,26-;20-,21-;/m00./s1. The van der Waals surface area contributed by atoms with Gasteiger partial charge in [-0.15, -0.1) is 0 Å². The molecule has 0 bridgehead atoms. The van der Waals surface area contributed by atoms with Crippen LogP contribution in [0.15, 0.2) is 98.4 Å². The fraction of sp³-hybridized carbons (Fsp3) is 0.471. The molecule has 39 heteroatoms. The van der Waals surface area contributed by atoms with Gasteiger partial charge in [0.15, 0.2) is 11.6 Å². The summed E-state index contributed by atoms with van der Waals surface area (Å²) in [6, 6.07) is 1.20. The molecule has 2 N–H and O–H groups in total. The van der Waals surface area contributed by atoms with E-state index in [2.05, 4.69) is 50.4 Å². The second-order valence-corrected chi connectivity index (χ2v) is 26.9. The Kier molecular flexibility index (Phi) is 26.0. The van der Waals surface area contributed by atoms with Crippen molar-refractivity contribution in [3.8, 4) is 22.3 Å². The average Bonchev–Trinajstić information content (AvgIpc) is 1.67. The highest BCUT2D eigenvalue weighted by molar-refractivity contribution is 6.33. The Balaban J connectivity index is 0.000000202. The minimum absolute atomic E-state index is 0.0194. The second-order valence-electron chi connectivity index (χ2n) is 25.8. The molecule has 4 atom stereocenters. The van der Waals surface area contributed by atoms with Gasteiger partial charge in [-0.3, -0.25) is 19.0 Å². The molecule has 4 aliphatic heterocycles. The third-order valence-corrected chi connectivity index (χ3v) is 19.0. The lowest BCUT2D eigenvalue weighted by Gasteiger charge is -2.32. The number of carboxylic acid groups (broad SMARTS) is 1. The molecule has 0 unspecified atom stereocenters. The number of rotatable bonds is 20. The number of carbonyl (C=O) groups is 2. The van der Waals surface area contributed by atoms with Crippen molar-refractivity contribution in [2.24, 2.45) is 25.9 Å². The molecule has 4 fully saturated rings. The van der Waals surface area contributed by atoms with Crippen LogP contribution in [0.25, 0.3) is 22.3 Å². The number of aliphatic carboxylic acids is 1. The lowest BCUT2D eigenvalue weighted by Crippen LogP contribution is -2.40. The molecule has 24 nitrogen and oxygen atoms in total. The average molecular weight is 1570 g/mol. The lowest BCUT2D eigenvalue weighted by molar-refractivity contribution is -0.149. The highest BCUT2D eigenvalue weighted by Gasteiger charge is 2.44. The Bertz CT molecular complexity index is 4250. The van der Waals surface area contributed by atoms with Gasteiger partial charge in [0, 0.05) is 127 Å². The number of esters is 1. The molecule has 8 aromatic rings. The number of aromatic nitrogens is 12. The van der Waals surface area contributed by atoms with Crippen molar-refractivity contribution in [3.63, 3.8) is 0 Å². The van der Waals surface area contributed by atoms with Crippen LogP contribution < -0.4 is 29.8 Å². The summed E-state index contributed by atoms with van der Waals surface area (Å²) in [5.74, 6) is -0.0176. The van der Waals surface area contributed by atoms with Crippen LogP contribution in [0.1, 0.15) is 78.8 Å². The Labute approximate surface area is 620 Å². The number of nitrogens with zero attached hydrogens (tertiary/aromatic N) is 17. The van der Waals surface area contributed by atoms with Crippen LogP contribution in [0.3, 0.4) is 0 Å². The van der Waals surface area contributed by atoms with E-state index in [-0.39, 0.29) is 107 Å². The predicted molar refractivity (Wildman–Crippen MR) is 370 cm³/mol. The van der Waals surface area contributed by atoms with Gasteiger partial charge in [0.2, 0.25) is 23.1 Å². The Morgan fingerprint density at radius 2 is 0.963 bits per heavy atom. The fourth-order valence-corrected chi connectivity index (χ4v) is 13.6. The summed E-state index contributed by atoms with van der Waals surface area (Å²) < 4.78 is 184. The van der Waals surface area contributed by atoms with E-state index in [0.717, 1.165) is 31.5 Å². The van der Waals surface area contributed by atoms with Gasteiger partial charge in [0.05, 0.1) is 103 Å².